The third-order valence-electron chi connectivity index (χ3n) is 2.57. The van der Waals surface area contributed by atoms with Crippen molar-refractivity contribution in [1.82, 2.24) is 10.3 Å². The zero-order valence-electron chi connectivity index (χ0n) is 10.6. The number of rotatable bonds is 4. The summed E-state index contributed by atoms with van der Waals surface area (Å²) < 4.78 is 27.4. The number of aryl methyl sites for hydroxylation is 1. The molecule has 0 aliphatic heterocycles. The molecule has 2 rings (SSSR count). The lowest BCUT2D eigenvalue weighted by Gasteiger charge is -2.10. The number of oxazole rings is 1. The minimum Gasteiger partial charge on any atom is -0.438 e. The summed E-state index contributed by atoms with van der Waals surface area (Å²) in [4.78, 5) is 16.4. The van der Waals surface area contributed by atoms with Crippen LogP contribution in [0.15, 0.2) is 27.2 Å². The van der Waals surface area contributed by atoms with Gasteiger partial charge in [-0.3, -0.25) is 4.79 Å². The average Bonchev–Trinajstić information content (AvgIpc) is 2.95. The Bertz CT molecular complexity index is 735. The Labute approximate surface area is 124 Å². The number of hydrogen-bond acceptors (Lipinski definition) is 6. The van der Waals surface area contributed by atoms with Crippen molar-refractivity contribution in [3.8, 4) is 0 Å². The molecule has 1 unspecified atom stereocenters. The molecule has 2 aromatic rings. The van der Waals surface area contributed by atoms with Crippen LogP contribution in [0.1, 0.15) is 34.1 Å². The lowest BCUT2D eigenvalue weighted by molar-refractivity contribution is 0.0911. The van der Waals surface area contributed by atoms with E-state index in [0.29, 0.717) is 10.6 Å². The van der Waals surface area contributed by atoms with Crippen LogP contribution in [0.2, 0.25) is 0 Å². The molecule has 1 amide bonds. The van der Waals surface area contributed by atoms with Crippen molar-refractivity contribution < 1.29 is 17.6 Å². The first-order valence-corrected chi connectivity index (χ1v) is 8.67. The molecule has 0 aliphatic rings. The number of halogens is 1. The molecule has 0 saturated heterocycles. The van der Waals surface area contributed by atoms with E-state index < -0.39 is 15.0 Å². The first kappa shape index (κ1) is 15.0. The van der Waals surface area contributed by atoms with Crippen LogP contribution in [0.4, 0.5) is 0 Å². The Hall–Kier alpha value is -1.38. The molecule has 0 spiro atoms. The van der Waals surface area contributed by atoms with Crippen LogP contribution in [0.5, 0.6) is 0 Å². The molecule has 0 aromatic carbocycles. The van der Waals surface area contributed by atoms with Crippen molar-refractivity contribution in [3.63, 3.8) is 0 Å². The van der Waals surface area contributed by atoms with Gasteiger partial charge in [0.05, 0.1) is 11.7 Å². The van der Waals surface area contributed by atoms with Crippen LogP contribution >= 0.6 is 22.0 Å². The molecule has 0 aliphatic carbocycles. The fourth-order valence-corrected chi connectivity index (χ4v) is 3.65. The van der Waals surface area contributed by atoms with Gasteiger partial charge in [-0.1, -0.05) is 0 Å². The summed E-state index contributed by atoms with van der Waals surface area (Å²) in [7, 11) is 1.51. The predicted octanol–water partition coefficient (Wildman–Crippen LogP) is 2.46. The molecule has 2 aromatic heterocycles. The number of aromatic nitrogens is 1. The fourth-order valence-electron chi connectivity index (χ4n) is 1.55. The molecule has 0 bridgehead atoms. The molecular formula is C11H11ClN2O4S2. The van der Waals surface area contributed by atoms with Gasteiger partial charge in [0.25, 0.3) is 15.0 Å². The predicted molar refractivity (Wildman–Crippen MR) is 74.5 cm³/mol. The maximum Gasteiger partial charge on any atom is 0.289 e. The van der Waals surface area contributed by atoms with Crippen LogP contribution < -0.4 is 5.32 Å². The zero-order valence-corrected chi connectivity index (χ0v) is 13.0. The first-order chi connectivity index (χ1) is 9.29. The number of carbonyl (C=O) groups is 1. The van der Waals surface area contributed by atoms with Crippen LogP contribution in [0.25, 0.3) is 0 Å². The Kier molecular flexibility index (Phi) is 4.17. The summed E-state index contributed by atoms with van der Waals surface area (Å²) in [5.74, 6) is -0.269. The van der Waals surface area contributed by atoms with Gasteiger partial charge in [-0.15, -0.1) is 11.3 Å². The third kappa shape index (κ3) is 3.20. The van der Waals surface area contributed by atoms with Gasteiger partial charge in [0.1, 0.15) is 4.21 Å². The van der Waals surface area contributed by atoms with Crippen LogP contribution in [-0.4, -0.2) is 19.3 Å². The number of nitrogens with one attached hydrogen (secondary N) is 1. The van der Waals surface area contributed by atoms with Gasteiger partial charge in [-0.2, -0.15) is 0 Å². The molecule has 2 heterocycles. The van der Waals surface area contributed by atoms with Gasteiger partial charge in [0.2, 0.25) is 5.76 Å². The lowest BCUT2D eigenvalue weighted by atomic mass is 10.2. The molecular weight excluding hydrogens is 324 g/mol. The highest BCUT2D eigenvalue weighted by Gasteiger charge is 2.20. The second-order valence-corrected chi connectivity index (χ2v) is 7.96. The average molecular weight is 335 g/mol. The summed E-state index contributed by atoms with van der Waals surface area (Å²) in [6.07, 6.45) is 1.19. The minimum atomic E-state index is -3.74. The van der Waals surface area contributed by atoms with Crippen LogP contribution in [0, 0.1) is 6.92 Å². The first-order valence-electron chi connectivity index (χ1n) is 5.54. The molecule has 0 radical (unpaired) electrons. The summed E-state index contributed by atoms with van der Waals surface area (Å²) in [5.41, 5.74) is 0.491. The number of thiophene rings is 1. The summed E-state index contributed by atoms with van der Waals surface area (Å²) in [6.45, 7) is 3.40. The third-order valence-corrected chi connectivity index (χ3v) is 5.93. The van der Waals surface area contributed by atoms with E-state index in [1.54, 1.807) is 19.9 Å². The molecule has 0 saturated carbocycles. The summed E-state index contributed by atoms with van der Waals surface area (Å²) in [6, 6.07) is 2.65. The van der Waals surface area contributed by atoms with Gasteiger partial charge < -0.3 is 9.73 Å². The van der Waals surface area contributed by atoms with E-state index in [1.807, 2.05) is 0 Å². The van der Waals surface area contributed by atoms with E-state index >= 15 is 0 Å². The van der Waals surface area contributed by atoms with Crippen molar-refractivity contribution >= 4 is 37.0 Å². The number of carbonyl (C=O) groups excluding carboxylic acids is 1. The van der Waals surface area contributed by atoms with Gasteiger partial charge >= 0.3 is 0 Å². The maximum absolute atomic E-state index is 11.9. The Morgan fingerprint density at radius 1 is 1.50 bits per heavy atom. The van der Waals surface area contributed by atoms with Crippen molar-refractivity contribution in [1.29, 1.82) is 0 Å². The maximum atomic E-state index is 11.9. The largest absolute Gasteiger partial charge is 0.438 e. The van der Waals surface area contributed by atoms with E-state index in [4.69, 9.17) is 15.1 Å². The molecule has 9 heteroatoms. The Balaban J connectivity index is 2.13. The standard InChI is InChI=1S/C11H11ClN2O4S2/c1-6(8-3-4-9(19-8)20(12,16)17)14-11(15)10-7(2)13-5-18-10/h3-6H,1-2H3,(H,14,15). The molecule has 108 valence electrons. The summed E-state index contributed by atoms with van der Waals surface area (Å²) in [5, 5.41) is 2.70. The highest BCUT2D eigenvalue weighted by atomic mass is 35.7. The van der Waals surface area contributed by atoms with Crippen LogP contribution in [-0.2, 0) is 9.05 Å². The Morgan fingerprint density at radius 3 is 2.70 bits per heavy atom. The van der Waals surface area contributed by atoms with Gasteiger partial charge in [-0.25, -0.2) is 13.4 Å². The van der Waals surface area contributed by atoms with Crippen molar-refractivity contribution in [3.05, 3.63) is 34.9 Å². The SMILES string of the molecule is Cc1ncoc1C(=O)NC(C)c1ccc(S(=O)(=O)Cl)s1. The smallest absolute Gasteiger partial charge is 0.289 e. The minimum absolute atomic E-state index is 0.0473. The fraction of sp³-hybridized carbons (Fsp3) is 0.273. The van der Waals surface area contributed by atoms with Gasteiger partial charge in [-0.05, 0) is 26.0 Å². The quantitative estimate of drug-likeness (QED) is 0.867. The van der Waals surface area contributed by atoms with Crippen molar-refractivity contribution in [2.45, 2.75) is 24.1 Å². The lowest BCUT2D eigenvalue weighted by Crippen LogP contribution is -2.26. The van der Waals surface area contributed by atoms with E-state index in [9.17, 15) is 13.2 Å². The molecule has 6 nitrogen and oxygen atoms in total. The molecule has 0 fully saturated rings. The topological polar surface area (TPSA) is 89.3 Å². The highest BCUT2D eigenvalue weighted by molar-refractivity contribution is 8.15. The van der Waals surface area contributed by atoms with E-state index in [2.05, 4.69) is 10.3 Å². The number of hydrogen-bond donors (Lipinski definition) is 1. The van der Waals surface area contributed by atoms with Crippen LogP contribution in [0.3, 0.4) is 0 Å². The number of nitrogens with zero attached hydrogens (tertiary/aromatic N) is 1. The van der Waals surface area contributed by atoms with E-state index in [-0.39, 0.29) is 16.0 Å². The van der Waals surface area contributed by atoms with E-state index in [1.165, 1.54) is 12.5 Å². The van der Waals surface area contributed by atoms with Gasteiger partial charge in [0, 0.05) is 15.6 Å². The highest BCUT2D eigenvalue weighted by Crippen LogP contribution is 2.28. The monoisotopic (exact) mass is 334 g/mol. The van der Waals surface area contributed by atoms with E-state index in [0.717, 1.165) is 11.3 Å². The normalized spacial score (nSPS) is 13.2. The van der Waals surface area contributed by atoms with Crippen molar-refractivity contribution in [2.24, 2.45) is 0 Å². The Morgan fingerprint density at radius 2 is 2.20 bits per heavy atom. The molecule has 1 N–H and O–H groups in total. The second kappa shape index (κ2) is 5.55. The second-order valence-electron chi connectivity index (χ2n) is 4.06. The van der Waals surface area contributed by atoms with Crippen molar-refractivity contribution in [2.75, 3.05) is 0 Å². The summed E-state index contributed by atoms with van der Waals surface area (Å²) >= 11 is 1.01. The molecule has 1 atom stereocenters. The zero-order chi connectivity index (χ0) is 14.9. The van der Waals surface area contributed by atoms with Gasteiger partial charge in [0.15, 0.2) is 6.39 Å². The number of amides is 1. The molecule has 20 heavy (non-hydrogen) atoms.